The third-order valence-electron chi connectivity index (χ3n) is 4.26. The van der Waals surface area contributed by atoms with Crippen LogP contribution in [-0.4, -0.2) is 27.7 Å². The number of carbonyl (C=O) groups is 1. The summed E-state index contributed by atoms with van der Waals surface area (Å²) in [5.74, 6) is -0.558. The van der Waals surface area contributed by atoms with Crippen LogP contribution in [0.15, 0.2) is 48.5 Å². The van der Waals surface area contributed by atoms with E-state index in [1.54, 1.807) is 13.0 Å². The number of halogens is 3. The summed E-state index contributed by atoms with van der Waals surface area (Å²) < 4.78 is 44.3. The second kappa shape index (κ2) is 9.03. The Morgan fingerprint density at radius 3 is 2.58 bits per heavy atom. The molecule has 0 atom stereocenters. The number of anilines is 2. The zero-order chi connectivity index (χ0) is 22.6. The third kappa shape index (κ3) is 5.30. The molecule has 0 saturated carbocycles. The lowest BCUT2D eigenvalue weighted by atomic mass is 10.1. The molecule has 0 fully saturated rings. The number of rotatable bonds is 6. The van der Waals surface area contributed by atoms with E-state index in [0.717, 1.165) is 12.1 Å². The third-order valence-corrected chi connectivity index (χ3v) is 4.26. The maximum absolute atomic E-state index is 13.1. The number of phenolic OH excluding ortho intramolecular Hbond substituents is 1. The van der Waals surface area contributed by atoms with Gasteiger partial charge in [0.05, 0.1) is 23.4 Å². The minimum absolute atomic E-state index is 0.0686. The Balaban J connectivity index is 1.99. The molecule has 3 rings (SSSR count). The quantitative estimate of drug-likeness (QED) is 0.397. The molecule has 0 unspecified atom stereocenters. The van der Waals surface area contributed by atoms with Crippen molar-refractivity contribution in [1.82, 2.24) is 9.97 Å². The van der Waals surface area contributed by atoms with Crippen LogP contribution < -0.4 is 5.32 Å². The molecule has 2 aromatic carbocycles. The average molecular weight is 431 g/mol. The number of aromatic hydroxyl groups is 1. The van der Waals surface area contributed by atoms with E-state index in [2.05, 4.69) is 15.3 Å². The van der Waals surface area contributed by atoms with Gasteiger partial charge in [0, 0.05) is 17.3 Å². The first-order valence-electron chi connectivity index (χ1n) is 9.48. The topological polar surface area (TPSA) is 84.3 Å². The van der Waals surface area contributed by atoms with Gasteiger partial charge in [0.15, 0.2) is 5.82 Å². The maximum Gasteiger partial charge on any atom is 0.416 e. The standard InChI is InChI=1S/C22H20F3N3O3/c1-3-10-31-21(30)16-8-5-9-17(29)19(16)27-18-11-13(2)26-20(28-18)14-6-4-7-15(12-14)22(23,24)25/h4-9,11-12,29H,3,10H2,1-2H3,(H,26,27,28). The van der Waals surface area contributed by atoms with Gasteiger partial charge in [0.1, 0.15) is 11.6 Å². The fourth-order valence-corrected chi connectivity index (χ4v) is 2.84. The van der Waals surface area contributed by atoms with E-state index in [1.807, 2.05) is 6.92 Å². The van der Waals surface area contributed by atoms with Gasteiger partial charge in [-0.1, -0.05) is 25.1 Å². The molecular weight excluding hydrogens is 411 g/mol. The van der Waals surface area contributed by atoms with Crippen molar-refractivity contribution in [3.8, 4) is 17.1 Å². The van der Waals surface area contributed by atoms with Gasteiger partial charge in [-0.15, -0.1) is 0 Å². The maximum atomic E-state index is 13.1. The molecule has 6 nitrogen and oxygen atoms in total. The fourth-order valence-electron chi connectivity index (χ4n) is 2.84. The van der Waals surface area contributed by atoms with Gasteiger partial charge in [0.25, 0.3) is 0 Å². The highest BCUT2D eigenvalue weighted by Gasteiger charge is 2.30. The van der Waals surface area contributed by atoms with Crippen molar-refractivity contribution >= 4 is 17.5 Å². The summed E-state index contributed by atoms with van der Waals surface area (Å²) in [7, 11) is 0. The minimum Gasteiger partial charge on any atom is -0.506 e. The van der Waals surface area contributed by atoms with Crippen molar-refractivity contribution in [3.63, 3.8) is 0 Å². The van der Waals surface area contributed by atoms with Crippen LogP contribution in [0.3, 0.4) is 0 Å². The fraction of sp³-hybridized carbons (Fsp3) is 0.227. The van der Waals surface area contributed by atoms with E-state index in [9.17, 15) is 23.1 Å². The summed E-state index contributed by atoms with van der Waals surface area (Å²) in [6.45, 7) is 3.74. The Morgan fingerprint density at radius 2 is 1.87 bits per heavy atom. The number of alkyl halides is 3. The number of nitrogens with zero attached hydrogens (tertiary/aromatic N) is 2. The number of para-hydroxylation sites is 1. The molecule has 1 heterocycles. The van der Waals surface area contributed by atoms with Crippen LogP contribution in [0.25, 0.3) is 11.4 Å². The molecule has 0 aliphatic heterocycles. The highest BCUT2D eigenvalue weighted by molar-refractivity contribution is 5.98. The summed E-state index contributed by atoms with van der Waals surface area (Å²) in [5, 5.41) is 13.1. The van der Waals surface area contributed by atoms with E-state index in [-0.39, 0.29) is 40.8 Å². The van der Waals surface area contributed by atoms with Crippen LogP contribution in [0.2, 0.25) is 0 Å². The SMILES string of the molecule is CCCOC(=O)c1cccc(O)c1Nc1cc(C)nc(-c2cccc(C(F)(F)F)c2)n1. The first-order chi connectivity index (χ1) is 14.7. The van der Waals surface area contributed by atoms with Gasteiger partial charge in [-0.2, -0.15) is 13.2 Å². The number of esters is 1. The molecule has 31 heavy (non-hydrogen) atoms. The molecule has 0 aliphatic rings. The number of ether oxygens (including phenoxy) is 1. The van der Waals surface area contributed by atoms with Crippen molar-refractivity contribution in [1.29, 1.82) is 0 Å². The molecule has 3 aromatic rings. The number of aryl methyl sites for hydroxylation is 1. The van der Waals surface area contributed by atoms with Crippen molar-refractivity contribution in [3.05, 3.63) is 65.4 Å². The van der Waals surface area contributed by atoms with Gasteiger partial charge in [-0.05, 0) is 37.6 Å². The lowest BCUT2D eigenvalue weighted by molar-refractivity contribution is -0.137. The van der Waals surface area contributed by atoms with E-state index >= 15 is 0 Å². The Morgan fingerprint density at radius 1 is 1.13 bits per heavy atom. The number of hydrogen-bond donors (Lipinski definition) is 2. The van der Waals surface area contributed by atoms with Gasteiger partial charge >= 0.3 is 12.1 Å². The largest absolute Gasteiger partial charge is 0.506 e. The number of nitrogens with one attached hydrogen (secondary N) is 1. The van der Waals surface area contributed by atoms with Crippen molar-refractivity contribution in [2.75, 3.05) is 11.9 Å². The summed E-state index contributed by atoms with van der Waals surface area (Å²) >= 11 is 0. The zero-order valence-electron chi connectivity index (χ0n) is 16.8. The van der Waals surface area contributed by atoms with Gasteiger partial charge in [0.2, 0.25) is 0 Å². The molecule has 0 amide bonds. The molecule has 162 valence electrons. The smallest absolute Gasteiger partial charge is 0.416 e. The van der Waals surface area contributed by atoms with Crippen LogP contribution in [0.4, 0.5) is 24.7 Å². The van der Waals surface area contributed by atoms with Crippen LogP contribution >= 0.6 is 0 Å². The van der Waals surface area contributed by atoms with E-state index in [4.69, 9.17) is 4.74 Å². The second-order valence-electron chi connectivity index (χ2n) is 6.76. The molecule has 0 saturated heterocycles. The first kappa shape index (κ1) is 22.1. The molecular formula is C22H20F3N3O3. The van der Waals surface area contributed by atoms with Gasteiger partial charge < -0.3 is 15.2 Å². The Hall–Kier alpha value is -3.62. The summed E-state index contributed by atoms with van der Waals surface area (Å²) in [4.78, 5) is 20.8. The summed E-state index contributed by atoms with van der Waals surface area (Å²) in [6, 6.07) is 10.6. The zero-order valence-corrected chi connectivity index (χ0v) is 16.8. The van der Waals surface area contributed by atoms with Crippen LogP contribution in [0.1, 0.15) is 35.0 Å². The monoisotopic (exact) mass is 431 g/mol. The van der Waals surface area contributed by atoms with E-state index < -0.39 is 17.7 Å². The lowest BCUT2D eigenvalue weighted by Crippen LogP contribution is -2.10. The second-order valence-corrected chi connectivity index (χ2v) is 6.76. The molecule has 2 N–H and O–H groups in total. The molecule has 9 heteroatoms. The van der Waals surface area contributed by atoms with Crippen molar-refractivity contribution < 1.29 is 27.8 Å². The number of carbonyl (C=O) groups excluding carboxylic acids is 1. The molecule has 1 aromatic heterocycles. The Bertz CT molecular complexity index is 1100. The van der Waals surface area contributed by atoms with Crippen molar-refractivity contribution in [2.45, 2.75) is 26.4 Å². The van der Waals surface area contributed by atoms with Crippen molar-refractivity contribution in [2.24, 2.45) is 0 Å². The Kier molecular flexibility index (Phi) is 6.43. The van der Waals surface area contributed by atoms with Crippen LogP contribution in [-0.2, 0) is 10.9 Å². The highest BCUT2D eigenvalue weighted by atomic mass is 19.4. The highest BCUT2D eigenvalue weighted by Crippen LogP contribution is 2.33. The molecule has 0 bridgehead atoms. The van der Waals surface area contributed by atoms with Crippen LogP contribution in [0.5, 0.6) is 5.75 Å². The number of phenols is 1. The van der Waals surface area contributed by atoms with E-state index in [0.29, 0.717) is 12.1 Å². The molecule has 0 radical (unpaired) electrons. The molecule has 0 aliphatic carbocycles. The Labute approximate surface area is 176 Å². The van der Waals surface area contributed by atoms with E-state index in [1.165, 1.54) is 30.3 Å². The summed E-state index contributed by atoms with van der Waals surface area (Å²) in [5.41, 5.74) is 0.0326. The first-order valence-corrected chi connectivity index (χ1v) is 9.48. The average Bonchev–Trinajstić information content (AvgIpc) is 2.72. The molecule has 0 spiro atoms. The normalized spacial score (nSPS) is 11.3. The predicted octanol–water partition coefficient (Wildman–Crippen LogP) is 5.49. The minimum atomic E-state index is -4.50. The van der Waals surface area contributed by atoms with Crippen LogP contribution in [0, 0.1) is 6.92 Å². The van der Waals surface area contributed by atoms with Gasteiger partial charge in [-0.3, -0.25) is 0 Å². The predicted molar refractivity (Wildman–Crippen MR) is 109 cm³/mol. The van der Waals surface area contributed by atoms with Gasteiger partial charge in [-0.25, -0.2) is 14.8 Å². The number of benzene rings is 2. The lowest BCUT2D eigenvalue weighted by Gasteiger charge is -2.14. The number of hydrogen-bond acceptors (Lipinski definition) is 6. The number of aromatic nitrogens is 2. The summed E-state index contributed by atoms with van der Waals surface area (Å²) in [6.07, 6.45) is -3.86.